The summed E-state index contributed by atoms with van der Waals surface area (Å²) in [6.07, 6.45) is 1.74. The van der Waals surface area contributed by atoms with Crippen molar-refractivity contribution in [3.63, 3.8) is 0 Å². The van der Waals surface area contributed by atoms with Gasteiger partial charge in [-0.15, -0.1) is 11.3 Å². The summed E-state index contributed by atoms with van der Waals surface area (Å²) in [7, 11) is 1.82. The molecule has 1 aliphatic carbocycles. The van der Waals surface area contributed by atoms with Crippen molar-refractivity contribution in [3.8, 4) is 5.75 Å². The van der Waals surface area contributed by atoms with Crippen molar-refractivity contribution in [2.24, 2.45) is 5.73 Å². The average molecular weight is 331 g/mol. The molecule has 0 radical (unpaired) electrons. The molecule has 1 saturated carbocycles. The molecule has 23 heavy (non-hydrogen) atoms. The molecule has 0 spiro atoms. The summed E-state index contributed by atoms with van der Waals surface area (Å²) in [6.45, 7) is 2.41. The Morgan fingerprint density at radius 2 is 2.09 bits per heavy atom. The van der Waals surface area contributed by atoms with E-state index in [4.69, 9.17) is 10.5 Å². The third-order valence-corrected chi connectivity index (χ3v) is 4.99. The highest BCUT2D eigenvalue weighted by Crippen LogP contribution is 2.24. The van der Waals surface area contributed by atoms with Crippen molar-refractivity contribution >= 4 is 17.2 Å². The van der Waals surface area contributed by atoms with Gasteiger partial charge in [-0.2, -0.15) is 0 Å². The first kappa shape index (κ1) is 16.0. The van der Waals surface area contributed by atoms with Gasteiger partial charge in [0.25, 0.3) is 5.91 Å². The van der Waals surface area contributed by atoms with E-state index in [9.17, 15) is 4.79 Å². The summed E-state index contributed by atoms with van der Waals surface area (Å²) in [5.74, 6) is 0.763. The zero-order valence-electron chi connectivity index (χ0n) is 13.4. The van der Waals surface area contributed by atoms with Crippen LogP contribution in [0.4, 0.5) is 0 Å². The van der Waals surface area contributed by atoms with Crippen molar-refractivity contribution in [2.45, 2.75) is 38.5 Å². The van der Waals surface area contributed by atoms with E-state index < -0.39 is 0 Å². The second-order valence-electron chi connectivity index (χ2n) is 6.03. The zero-order valence-corrected chi connectivity index (χ0v) is 14.2. The lowest BCUT2D eigenvalue weighted by Crippen LogP contribution is -2.51. The van der Waals surface area contributed by atoms with E-state index in [0.29, 0.717) is 12.3 Å². The monoisotopic (exact) mass is 331 g/mol. The number of nitrogens with two attached hydrogens (primary N) is 1. The second kappa shape index (κ2) is 6.68. The van der Waals surface area contributed by atoms with Crippen LogP contribution in [0, 0.1) is 6.92 Å². The number of aryl methyl sites for hydroxylation is 1. The molecule has 1 aromatic heterocycles. The van der Waals surface area contributed by atoms with Gasteiger partial charge < -0.3 is 15.4 Å². The third-order valence-electron chi connectivity index (χ3n) is 4.17. The molecule has 0 aliphatic heterocycles. The van der Waals surface area contributed by atoms with Crippen LogP contribution in [0.3, 0.4) is 0 Å². The second-order valence-corrected chi connectivity index (χ2v) is 6.97. The minimum Gasteiger partial charge on any atom is -0.486 e. The molecule has 3 rings (SSSR count). The summed E-state index contributed by atoms with van der Waals surface area (Å²) in [5, 5.41) is 2.60. The largest absolute Gasteiger partial charge is 0.486 e. The van der Waals surface area contributed by atoms with Gasteiger partial charge >= 0.3 is 0 Å². The molecule has 2 N–H and O–H groups in total. The first-order valence-electron chi connectivity index (χ1n) is 7.69. The first-order valence-corrected chi connectivity index (χ1v) is 8.57. The van der Waals surface area contributed by atoms with Crippen LogP contribution < -0.4 is 10.5 Å². The lowest BCUT2D eigenvalue weighted by atomic mass is 9.86. The maximum atomic E-state index is 12.4. The highest BCUT2D eigenvalue weighted by molar-refractivity contribution is 7.09. The standard InChI is InChI=1S/C17H21N3O2S/c1-11-3-5-14(6-4-11)22-9-16-19-15(10-23-16)17(21)20(2)13-7-12(18)8-13/h3-6,10,12-13H,7-9,18H2,1-2H3. The molecule has 1 aromatic carbocycles. The Hall–Kier alpha value is -1.92. The number of nitrogens with zero attached hydrogens (tertiary/aromatic N) is 2. The van der Waals surface area contributed by atoms with Crippen LogP contribution in [0.2, 0.25) is 0 Å². The first-order chi connectivity index (χ1) is 11.0. The molecule has 0 unspecified atom stereocenters. The van der Waals surface area contributed by atoms with Crippen LogP contribution in [0.1, 0.15) is 33.9 Å². The normalized spacial score (nSPS) is 20.0. The molecule has 0 bridgehead atoms. The maximum absolute atomic E-state index is 12.4. The Kier molecular flexibility index (Phi) is 4.63. The fourth-order valence-corrected chi connectivity index (χ4v) is 3.23. The molecule has 6 heteroatoms. The Morgan fingerprint density at radius 3 is 2.74 bits per heavy atom. The Bertz CT molecular complexity index is 677. The van der Waals surface area contributed by atoms with Gasteiger partial charge in [-0.1, -0.05) is 17.7 Å². The molecule has 1 aliphatic rings. The summed E-state index contributed by atoms with van der Waals surface area (Å²) >= 11 is 1.45. The van der Waals surface area contributed by atoms with Crippen molar-refractivity contribution in [1.29, 1.82) is 0 Å². The van der Waals surface area contributed by atoms with Crippen LogP contribution in [0.25, 0.3) is 0 Å². The zero-order chi connectivity index (χ0) is 16.4. The van der Waals surface area contributed by atoms with Crippen molar-refractivity contribution in [1.82, 2.24) is 9.88 Å². The molecule has 122 valence electrons. The topological polar surface area (TPSA) is 68.5 Å². The van der Waals surface area contributed by atoms with Gasteiger partial charge in [0, 0.05) is 24.5 Å². The summed E-state index contributed by atoms with van der Waals surface area (Å²) in [4.78, 5) is 18.5. The predicted molar refractivity (Wildman–Crippen MR) is 90.7 cm³/mol. The summed E-state index contributed by atoms with van der Waals surface area (Å²) < 4.78 is 5.70. The molecular weight excluding hydrogens is 310 g/mol. The molecule has 1 heterocycles. The number of thiazole rings is 1. The maximum Gasteiger partial charge on any atom is 0.273 e. The van der Waals surface area contributed by atoms with Gasteiger partial charge in [0.15, 0.2) is 0 Å². The molecule has 1 amide bonds. The number of hydrogen-bond acceptors (Lipinski definition) is 5. The van der Waals surface area contributed by atoms with E-state index in [-0.39, 0.29) is 18.0 Å². The van der Waals surface area contributed by atoms with Crippen molar-refractivity contribution in [3.05, 3.63) is 45.9 Å². The SMILES string of the molecule is Cc1ccc(OCc2nc(C(=O)N(C)C3CC(N)C3)cs2)cc1. The van der Waals surface area contributed by atoms with E-state index in [1.807, 2.05) is 38.2 Å². The van der Waals surface area contributed by atoms with E-state index in [1.54, 1.807) is 10.3 Å². The fourth-order valence-electron chi connectivity index (χ4n) is 2.55. The Morgan fingerprint density at radius 1 is 1.39 bits per heavy atom. The lowest BCUT2D eigenvalue weighted by Gasteiger charge is -2.38. The van der Waals surface area contributed by atoms with Gasteiger partial charge in [0.2, 0.25) is 0 Å². The van der Waals surface area contributed by atoms with E-state index >= 15 is 0 Å². The van der Waals surface area contributed by atoms with Crippen LogP contribution in [0.5, 0.6) is 5.75 Å². The van der Waals surface area contributed by atoms with Gasteiger partial charge in [-0.3, -0.25) is 4.79 Å². The number of hydrogen-bond donors (Lipinski definition) is 1. The van der Waals surface area contributed by atoms with E-state index in [1.165, 1.54) is 16.9 Å². The van der Waals surface area contributed by atoms with Crippen LogP contribution in [-0.2, 0) is 6.61 Å². The van der Waals surface area contributed by atoms with Crippen LogP contribution >= 0.6 is 11.3 Å². The van der Waals surface area contributed by atoms with Crippen LogP contribution in [-0.4, -0.2) is 34.9 Å². The van der Waals surface area contributed by atoms with E-state index in [0.717, 1.165) is 23.6 Å². The highest BCUT2D eigenvalue weighted by Gasteiger charge is 2.32. The molecule has 0 atom stereocenters. The lowest BCUT2D eigenvalue weighted by molar-refractivity contribution is 0.0620. The third kappa shape index (κ3) is 3.71. The summed E-state index contributed by atoms with van der Waals surface area (Å²) in [5.41, 5.74) is 7.47. The number of rotatable bonds is 5. The summed E-state index contributed by atoms with van der Waals surface area (Å²) in [6, 6.07) is 8.34. The molecule has 1 fully saturated rings. The molecule has 2 aromatic rings. The van der Waals surface area contributed by atoms with Gasteiger partial charge in [0.05, 0.1) is 0 Å². The predicted octanol–water partition coefficient (Wildman–Crippen LogP) is 2.59. The Balaban J connectivity index is 1.57. The number of ether oxygens (including phenoxy) is 1. The number of aromatic nitrogens is 1. The van der Waals surface area contributed by atoms with Crippen molar-refractivity contribution in [2.75, 3.05) is 7.05 Å². The Labute approximate surface area is 140 Å². The van der Waals surface area contributed by atoms with Gasteiger partial charge in [0.1, 0.15) is 23.1 Å². The highest BCUT2D eigenvalue weighted by atomic mass is 32.1. The van der Waals surface area contributed by atoms with Gasteiger partial charge in [-0.05, 0) is 31.9 Å². The van der Waals surface area contributed by atoms with Gasteiger partial charge in [-0.25, -0.2) is 4.98 Å². The number of carbonyl (C=O) groups is 1. The fraction of sp³-hybridized carbons (Fsp3) is 0.412. The molecule has 0 saturated heterocycles. The quantitative estimate of drug-likeness (QED) is 0.914. The smallest absolute Gasteiger partial charge is 0.273 e. The average Bonchev–Trinajstić information content (AvgIpc) is 2.99. The number of carbonyl (C=O) groups excluding carboxylic acids is 1. The van der Waals surface area contributed by atoms with Crippen LogP contribution in [0.15, 0.2) is 29.6 Å². The minimum absolute atomic E-state index is 0.0419. The van der Waals surface area contributed by atoms with E-state index in [2.05, 4.69) is 4.98 Å². The molecule has 5 nitrogen and oxygen atoms in total. The number of amides is 1. The molecular formula is C17H21N3O2S. The van der Waals surface area contributed by atoms with Crippen molar-refractivity contribution < 1.29 is 9.53 Å². The minimum atomic E-state index is -0.0419. The number of benzene rings is 1.